The Kier molecular flexibility index (Phi) is 3.02. The lowest BCUT2D eigenvalue weighted by Gasteiger charge is -2.17. The van der Waals surface area contributed by atoms with Crippen LogP contribution in [0.3, 0.4) is 0 Å². The van der Waals surface area contributed by atoms with Crippen molar-refractivity contribution in [3.05, 3.63) is 17.7 Å². The summed E-state index contributed by atoms with van der Waals surface area (Å²) in [7, 11) is 0. The first kappa shape index (κ1) is 12.8. The Hall–Kier alpha value is -1.62. The number of anilines is 2. The number of nitrogens with zero attached hydrogens (tertiary/aromatic N) is 1. The molecule has 18 heavy (non-hydrogen) atoms. The van der Waals surface area contributed by atoms with Crippen molar-refractivity contribution in [3.63, 3.8) is 0 Å². The Morgan fingerprint density at radius 3 is 2.67 bits per heavy atom. The number of carbonyl (C=O) groups excluding carboxylic acids is 1. The van der Waals surface area contributed by atoms with Gasteiger partial charge in [0.05, 0.1) is 10.2 Å². The zero-order valence-corrected chi connectivity index (χ0v) is 11.8. The number of nitrogens with two attached hydrogens (primary N) is 1. The van der Waals surface area contributed by atoms with Gasteiger partial charge in [0.25, 0.3) is 0 Å². The second-order valence-electron chi connectivity index (χ2n) is 5.40. The van der Waals surface area contributed by atoms with Crippen molar-refractivity contribution < 1.29 is 4.79 Å². The molecule has 1 heterocycles. The number of rotatable bonds is 1. The molecule has 0 radical (unpaired) electrons. The molecule has 0 bridgehead atoms. The summed E-state index contributed by atoms with van der Waals surface area (Å²) in [6.45, 7) is 7.63. The molecule has 1 amide bonds. The van der Waals surface area contributed by atoms with E-state index in [1.807, 2.05) is 39.8 Å². The smallest absolute Gasteiger partial charge is 0.229 e. The van der Waals surface area contributed by atoms with Crippen molar-refractivity contribution in [2.45, 2.75) is 27.7 Å². The summed E-state index contributed by atoms with van der Waals surface area (Å²) in [4.78, 5) is 16.2. The predicted octanol–water partition coefficient (Wildman–Crippen LogP) is 3.17. The molecule has 0 aliphatic rings. The Morgan fingerprint density at radius 1 is 1.39 bits per heavy atom. The van der Waals surface area contributed by atoms with Crippen molar-refractivity contribution in [3.8, 4) is 0 Å². The first-order valence-corrected chi connectivity index (χ1v) is 6.57. The number of fused-ring (bicyclic) bond motifs is 1. The normalized spacial score (nSPS) is 11.8. The first-order valence-electron chi connectivity index (χ1n) is 5.75. The molecule has 0 aliphatic carbocycles. The van der Waals surface area contributed by atoms with E-state index in [1.165, 1.54) is 11.3 Å². The minimum Gasteiger partial charge on any atom is -0.375 e. The number of thiazole rings is 1. The largest absolute Gasteiger partial charge is 0.375 e. The van der Waals surface area contributed by atoms with Crippen LogP contribution in [0.5, 0.6) is 0 Å². The molecule has 2 rings (SSSR count). The van der Waals surface area contributed by atoms with Gasteiger partial charge in [-0.2, -0.15) is 0 Å². The summed E-state index contributed by atoms with van der Waals surface area (Å²) < 4.78 is 0.997. The van der Waals surface area contributed by atoms with Gasteiger partial charge in [-0.25, -0.2) is 4.98 Å². The van der Waals surface area contributed by atoms with E-state index in [4.69, 9.17) is 5.73 Å². The quantitative estimate of drug-likeness (QED) is 0.830. The number of aromatic nitrogens is 1. The molecule has 0 fully saturated rings. The second-order valence-corrected chi connectivity index (χ2v) is 6.46. The fraction of sp³-hybridized carbons (Fsp3) is 0.385. The summed E-state index contributed by atoms with van der Waals surface area (Å²) in [5.41, 5.74) is 8.01. The Balaban J connectivity index is 2.38. The van der Waals surface area contributed by atoms with E-state index in [-0.39, 0.29) is 5.91 Å². The number of nitrogens with one attached hydrogen (secondary N) is 1. The number of amides is 1. The minimum atomic E-state index is -0.407. The zero-order valence-electron chi connectivity index (χ0n) is 11.0. The van der Waals surface area contributed by atoms with Crippen LogP contribution in [0.15, 0.2) is 12.1 Å². The monoisotopic (exact) mass is 263 g/mol. The third-order valence-electron chi connectivity index (χ3n) is 2.64. The zero-order chi connectivity index (χ0) is 13.5. The molecular weight excluding hydrogens is 246 g/mol. The van der Waals surface area contributed by atoms with Crippen molar-refractivity contribution in [2.24, 2.45) is 5.41 Å². The molecule has 96 valence electrons. The van der Waals surface area contributed by atoms with Gasteiger partial charge in [-0.1, -0.05) is 32.1 Å². The average Bonchev–Trinajstić information content (AvgIpc) is 2.57. The molecule has 5 heteroatoms. The molecule has 2 aromatic rings. The highest BCUT2D eigenvalue weighted by Crippen LogP contribution is 2.30. The SMILES string of the molecule is Cc1cc(NC(=O)C(C)(C)C)cc2sc(N)nc12. The predicted molar refractivity (Wildman–Crippen MR) is 76.9 cm³/mol. The topological polar surface area (TPSA) is 68.0 Å². The summed E-state index contributed by atoms with van der Waals surface area (Å²) in [5.74, 6) is -0.00117. The highest BCUT2D eigenvalue weighted by molar-refractivity contribution is 7.22. The van der Waals surface area contributed by atoms with E-state index in [0.717, 1.165) is 21.5 Å². The molecule has 0 spiro atoms. The molecule has 0 aliphatic heterocycles. The van der Waals surface area contributed by atoms with E-state index in [0.29, 0.717) is 5.13 Å². The molecule has 1 aromatic heterocycles. The molecule has 1 aromatic carbocycles. The third kappa shape index (κ3) is 2.46. The van der Waals surface area contributed by atoms with Crippen LogP contribution >= 0.6 is 11.3 Å². The summed E-state index contributed by atoms with van der Waals surface area (Å²) in [5, 5.41) is 3.47. The van der Waals surface area contributed by atoms with E-state index >= 15 is 0 Å². The number of carbonyl (C=O) groups is 1. The molecule has 3 N–H and O–H groups in total. The van der Waals surface area contributed by atoms with Crippen LogP contribution < -0.4 is 11.1 Å². The van der Waals surface area contributed by atoms with Crippen LogP contribution in [0.1, 0.15) is 26.3 Å². The fourth-order valence-electron chi connectivity index (χ4n) is 1.60. The fourth-order valence-corrected chi connectivity index (χ4v) is 2.46. The summed E-state index contributed by atoms with van der Waals surface area (Å²) in [6.07, 6.45) is 0. The molecule has 4 nitrogen and oxygen atoms in total. The minimum absolute atomic E-state index is 0.00117. The van der Waals surface area contributed by atoms with Crippen LogP contribution in [-0.4, -0.2) is 10.9 Å². The molecule has 0 saturated heterocycles. The second kappa shape index (κ2) is 4.24. The number of hydrogen-bond donors (Lipinski definition) is 2. The van der Waals surface area contributed by atoms with Crippen LogP contribution in [-0.2, 0) is 4.79 Å². The van der Waals surface area contributed by atoms with E-state index in [2.05, 4.69) is 10.3 Å². The molecule has 0 saturated carbocycles. The number of benzene rings is 1. The van der Waals surface area contributed by atoms with Gasteiger partial charge in [-0.3, -0.25) is 4.79 Å². The highest BCUT2D eigenvalue weighted by Gasteiger charge is 2.21. The van der Waals surface area contributed by atoms with Crippen molar-refractivity contribution in [2.75, 3.05) is 11.1 Å². The van der Waals surface area contributed by atoms with Crippen LogP contribution in [0.4, 0.5) is 10.8 Å². The van der Waals surface area contributed by atoms with Gasteiger partial charge in [0.2, 0.25) is 5.91 Å². The Labute approximate surface area is 110 Å². The van der Waals surface area contributed by atoms with E-state index < -0.39 is 5.41 Å². The van der Waals surface area contributed by atoms with Gasteiger partial charge in [0.1, 0.15) is 0 Å². The first-order chi connectivity index (χ1) is 8.27. The third-order valence-corrected chi connectivity index (χ3v) is 3.47. The van der Waals surface area contributed by atoms with Crippen LogP contribution in [0.25, 0.3) is 10.2 Å². The lowest BCUT2D eigenvalue weighted by Crippen LogP contribution is -2.27. The number of nitrogen functional groups attached to an aromatic ring is 1. The van der Waals surface area contributed by atoms with Crippen molar-refractivity contribution >= 4 is 38.3 Å². The van der Waals surface area contributed by atoms with Crippen LogP contribution in [0, 0.1) is 12.3 Å². The van der Waals surface area contributed by atoms with Gasteiger partial charge in [0.15, 0.2) is 5.13 Å². The summed E-state index contributed by atoms with van der Waals surface area (Å²) in [6, 6.07) is 3.84. The van der Waals surface area contributed by atoms with E-state index in [9.17, 15) is 4.79 Å². The van der Waals surface area contributed by atoms with Gasteiger partial charge in [-0.15, -0.1) is 0 Å². The molecular formula is C13H17N3OS. The lowest BCUT2D eigenvalue weighted by atomic mass is 9.95. The average molecular weight is 263 g/mol. The van der Waals surface area contributed by atoms with Gasteiger partial charge >= 0.3 is 0 Å². The van der Waals surface area contributed by atoms with Gasteiger partial charge in [0, 0.05) is 11.1 Å². The van der Waals surface area contributed by atoms with E-state index in [1.54, 1.807) is 0 Å². The lowest BCUT2D eigenvalue weighted by molar-refractivity contribution is -0.123. The highest BCUT2D eigenvalue weighted by atomic mass is 32.1. The number of hydrogen-bond acceptors (Lipinski definition) is 4. The Bertz CT molecular complexity index is 610. The maximum Gasteiger partial charge on any atom is 0.229 e. The maximum absolute atomic E-state index is 11.9. The Morgan fingerprint density at radius 2 is 2.06 bits per heavy atom. The number of aryl methyl sites for hydroxylation is 1. The summed E-state index contributed by atoms with van der Waals surface area (Å²) >= 11 is 1.43. The standard InChI is InChI=1S/C13H17N3OS/c1-7-5-8(15-11(17)13(2,3)4)6-9-10(7)16-12(14)18-9/h5-6H,1-4H3,(H2,14,16)(H,15,17). The van der Waals surface area contributed by atoms with Crippen molar-refractivity contribution in [1.29, 1.82) is 0 Å². The molecule has 0 unspecified atom stereocenters. The maximum atomic E-state index is 11.9. The van der Waals surface area contributed by atoms with Gasteiger partial charge in [-0.05, 0) is 24.6 Å². The van der Waals surface area contributed by atoms with Crippen LogP contribution in [0.2, 0.25) is 0 Å². The molecule has 0 atom stereocenters. The van der Waals surface area contributed by atoms with Gasteiger partial charge < -0.3 is 11.1 Å². The van der Waals surface area contributed by atoms with Crippen molar-refractivity contribution in [1.82, 2.24) is 4.98 Å².